The van der Waals surface area contributed by atoms with Crippen LogP contribution in [0, 0.1) is 2.88 Å². The first-order valence-corrected chi connectivity index (χ1v) is 4.95. The highest BCUT2D eigenvalue weighted by molar-refractivity contribution is 14.1. The Morgan fingerprint density at radius 3 is 2.80 bits per heavy atom. The van der Waals surface area contributed by atoms with Gasteiger partial charge in [-0.15, -0.1) is 11.3 Å². The Balaban J connectivity index is 2.93. The number of halogens is 1. The van der Waals surface area contributed by atoms with Gasteiger partial charge >= 0.3 is 0 Å². The van der Waals surface area contributed by atoms with Gasteiger partial charge in [0.15, 0.2) is 0 Å². The third kappa shape index (κ3) is 0.953. The summed E-state index contributed by atoms with van der Waals surface area (Å²) < 4.78 is 1.38. The summed E-state index contributed by atoms with van der Waals surface area (Å²) in [6, 6.07) is 8.46. The van der Waals surface area contributed by atoms with Crippen molar-refractivity contribution in [3.63, 3.8) is 0 Å². The minimum atomic E-state index is 1.36. The number of hydrogen-bond acceptors (Lipinski definition) is 1. The van der Waals surface area contributed by atoms with Crippen LogP contribution in [0.2, 0.25) is 0 Å². The smallest absolute Gasteiger partial charge is 0.0731 e. The molecule has 1 heterocycles. The van der Waals surface area contributed by atoms with Crippen LogP contribution in [0.3, 0.4) is 0 Å². The largest absolute Gasteiger partial charge is 0.136 e. The predicted octanol–water partition coefficient (Wildman–Crippen LogP) is 3.51. The van der Waals surface area contributed by atoms with Gasteiger partial charge in [-0.25, -0.2) is 0 Å². The highest BCUT2D eigenvalue weighted by Gasteiger charge is 1.96. The second kappa shape index (κ2) is 2.51. The summed E-state index contributed by atoms with van der Waals surface area (Å²) in [5.74, 6) is 0. The van der Waals surface area contributed by atoms with Gasteiger partial charge in [-0.2, -0.15) is 0 Å². The zero-order valence-corrected chi connectivity index (χ0v) is 8.15. The standard InChI is InChI=1S/C8H5IS/c9-8-7-4-2-1-3-6(7)5-10-8/h1-5H. The van der Waals surface area contributed by atoms with E-state index in [4.69, 9.17) is 0 Å². The summed E-state index contributed by atoms with van der Waals surface area (Å²) in [6.45, 7) is 0. The normalized spacial score (nSPS) is 10.5. The molecule has 10 heavy (non-hydrogen) atoms. The maximum atomic E-state index is 2.37. The first-order valence-electron chi connectivity index (χ1n) is 2.99. The Labute approximate surface area is 77.0 Å². The molecule has 1 aromatic carbocycles. The zero-order chi connectivity index (χ0) is 6.97. The van der Waals surface area contributed by atoms with E-state index in [9.17, 15) is 0 Å². The molecule has 0 aliphatic rings. The van der Waals surface area contributed by atoms with E-state index in [2.05, 4.69) is 52.2 Å². The summed E-state index contributed by atoms with van der Waals surface area (Å²) in [5.41, 5.74) is 0. The lowest BCUT2D eigenvalue weighted by Gasteiger charge is -1.85. The Bertz CT molecular complexity index is 351. The van der Waals surface area contributed by atoms with Gasteiger partial charge in [0.2, 0.25) is 0 Å². The quantitative estimate of drug-likeness (QED) is 0.636. The highest BCUT2D eigenvalue weighted by atomic mass is 127. The van der Waals surface area contributed by atoms with E-state index in [1.165, 1.54) is 13.7 Å². The molecule has 1 aromatic heterocycles. The molecule has 0 fully saturated rings. The number of rotatable bonds is 0. The van der Waals surface area contributed by atoms with Crippen LogP contribution in [0.5, 0.6) is 0 Å². The molecule has 50 valence electrons. The van der Waals surface area contributed by atoms with Crippen LogP contribution in [0.1, 0.15) is 0 Å². The van der Waals surface area contributed by atoms with Gasteiger partial charge in [-0.05, 0) is 33.4 Å². The molecule has 0 atom stereocenters. The van der Waals surface area contributed by atoms with Gasteiger partial charge in [-0.3, -0.25) is 0 Å². The van der Waals surface area contributed by atoms with E-state index in [1.54, 1.807) is 11.3 Å². The first-order chi connectivity index (χ1) is 4.88. The summed E-state index contributed by atoms with van der Waals surface area (Å²) in [5, 5.41) is 4.93. The van der Waals surface area contributed by atoms with Crippen molar-refractivity contribution in [3.8, 4) is 0 Å². The Kier molecular flexibility index (Phi) is 1.66. The van der Waals surface area contributed by atoms with E-state index >= 15 is 0 Å². The van der Waals surface area contributed by atoms with Gasteiger partial charge in [0, 0.05) is 5.39 Å². The number of hydrogen-bond donors (Lipinski definition) is 0. The minimum absolute atomic E-state index is 1.36. The molecule has 0 saturated heterocycles. The lowest BCUT2D eigenvalue weighted by molar-refractivity contribution is 1.84. The minimum Gasteiger partial charge on any atom is -0.136 e. The molecule has 2 heteroatoms. The molecule has 2 aromatic rings. The van der Waals surface area contributed by atoms with Gasteiger partial charge in [-0.1, -0.05) is 24.3 Å². The fraction of sp³-hybridized carbons (Fsp3) is 0. The van der Waals surface area contributed by atoms with Crippen molar-refractivity contribution in [1.82, 2.24) is 0 Å². The van der Waals surface area contributed by atoms with E-state index in [0.29, 0.717) is 0 Å². The van der Waals surface area contributed by atoms with Crippen LogP contribution in [0.15, 0.2) is 29.6 Å². The number of thiophene rings is 1. The zero-order valence-electron chi connectivity index (χ0n) is 5.17. The summed E-state index contributed by atoms with van der Waals surface area (Å²) >= 11 is 4.18. The van der Waals surface area contributed by atoms with E-state index in [0.717, 1.165) is 0 Å². The maximum Gasteiger partial charge on any atom is 0.0731 e. The van der Waals surface area contributed by atoms with E-state index in [-0.39, 0.29) is 0 Å². The second-order valence-electron chi connectivity index (χ2n) is 2.10. The fourth-order valence-electron chi connectivity index (χ4n) is 0.957. The molecular weight excluding hydrogens is 255 g/mol. The van der Waals surface area contributed by atoms with Crippen molar-refractivity contribution in [3.05, 3.63) is 32.5 Å². The van der Waals surface area contributed by atoms with Gasteiger partial charge < -0.3 is 0 Å². The van der Waals surface area contributed by atoms with Crippen molar-refractivity contribution < 1.29 is 0 Å². The molecule has 0 unspecified atom stereocenters. The summed E-state index contributed by atoms with van der Waals surface area (Å²) in [4.78, 5) is 0. The van der Waals surface area contributed by atoms with Gasteiger partial charge in [0.1, 0.15) is 0 Å². The monoisotopic (exact) mass is 260 g/mol. The number of fused-ring (bicyclic) bond motifs is 1. The molecular formula is C8H5IS. The van der Waals surface area contributed by atoms with Crippen LogP contribution >= 0.6 is 33.9 Å². The van der Waals surface area contributed by atoms with Crippen LogP contribution in [-0.2, 0) is 0 Å². The first kappa shape index (κ1) is 6.61. The van der Waals surface area contributed by atoms with Crippen LogP contribution in [-0.4, -0.2) is 0 Å². The van der Waals surface area contributed by atoms with Crippen molar-refractivity contribution in [1.29, 1.82) is 0 Å². The average Bonchev–Trinajstić information content (AvgIpc) is 2.34. The molecule has 0 bridgehead atoms. The topological polar surface area (TPSA) is 0 Å². The molecule has 0 radical (unpaired) electrons. The van der Waals surface area contributed by atoms with E-state index < -0.39 is 0 Å². The third-order valence-corrected chi connectivity index (χ3v) is 3.60. The lowest BCUT2D eigenvalue weighted by atomic mass is 10.2. The van der Waals surface area contributed by atoms with Crippen molar-refractivity contribution in [2.24, 2.45) is 0 Å². The molecule has 0 spiro atoms. The second-order valence-corrected chi connectivity index (χ2v) is 4.79. The molecule has 2 rings (SSSR count). The SMILES string of the molecule is Ic1scc2ccccc12. The van der Waals surface area contributed by atoms with Gasteiger partial charge in [0.25, 0.3) is 0 Å². The predicted molar refractivity (Wildman–Crippen MR) is 54.5 cm³/mol. The average molecular weight is 260 g/mol. The van der Waals surface area contributed by atoms with Crippen molar-refractivity contribution >= 4 is 44.7 Å². The molecule has 0 saturated carbocycles. The molecule has 0 aliphatic carbocycles. The van der Waals surface area contributed by atoms with Gasteiger partial charge in [0.05, 0.1) is 2.88 Å². The fourth-order valence-corrected chi connectivity index (χ4v) is 2.58. The Morgan fingerprint density at radius 2 is 2.00 bits per heavy atom. The lowest BCUT2D eigenvalue weighted by Crippen LogP contribution is -1.62. The highest BCUT2D eigenvalue weighted by Crippen LogP contribution is 2.26. The molecule has 0 nitrogen and oxygen atoms in total. The van der Waals surface area contributed by atoms with Crippen LogP contribution < -0.4 is 0 Å². The van der Waals surface area contributed by atoms with E-state index in [1.807, 2.05) is 0 Å². The maximum absolute atomic E-state index is 2.37. The van der Waals surface area contributed by atoms with Crippen LogP contribution in [0.25, 0.3) is 10.8 Å². The Hall–Kier alpha value is -0.0900. The summed E-state index contributed by atoms with van der Waals surface area (Å²) in [6.07, 6.45) is 0. The number of benzene rings is 1. The van der Waals surface area contributed by atoms with Crippen LogP contribution in [0.4, 0.5) is 0 Å². The molecule has 0 N–H and O–H groups in total. The third-order valence-electron chi connectivity index (χ3n) is 1.46. The Morgan fingerprint density at radius 1 is 1.20 bits per heavy atom. The van der Waals surface area contributed by atoms with Crippen molar-refractivity contribution in [2.45, 2.75) is 0 Å². The molecule has 0 amide bonds. The van der Waals surface area contributed by atoms with Crippen molar-refractivity contribution in [2.75, 3.05) is 0 Å². The molecule has 0 aliphatic heterocycles. The summed E-state index contributed by atoms with van der Waals surface area (Å²) in [7, 11) is 0.